The molecule has 2 heteroatoms. The molecule has 0 bridgehead atoms. The Labute approximate surface area is 88.3 Å². The van der Waals surface area contributed by atoms with Crippen molar-refractivity contribution >= 4 is 0 Å². The van der Waals surface area contributed by atoms with Crippen molar-refractivity contribution in [3.05, 3.63) is 12.7 Å². The molecule has 14 heavy (non-hydrogen) atoms. The molecular weight excluding hydrogens is 176 g/mol. The molecule has 0 rings (SSSR count). The Morgan fingerprint density at radius 2 is 1.93 bits per heavy atom. The van der Waals surface area contributed by atoms with Gasteiger partial charge in [0, 0.05) is 6.61 Å². The lowest BCUT2D eigenvalue weighted by molar-refractivity contribution is 0.0102. The monoisotopic (exact) mass is 200 g/mol. The number of hydrogen-bond donors (Lipinski definition) is 0. The van der Waals surface area contributed by atoms with Crippen LogP contribution in [0.25, 0.3) is 0 Å². The molecule has 2 nitrogen and oxygen atoms in total. The van der Waals surface area contributed by atoms with Crippen LogP contribution in [0.5, 0.6) is 0 Å². The predicted molar refractivity (Wildman–Crippen MR) is 60.6 cm³/mol. The molecule has 0 N–H and O–H groups in total. The fourth-order valence-corrected chi connectivity index (χ4v) is 1.13. The van der Waals surface area contributed by atoms with Gasteiger partial charge in [0.15, 0.2) is 0 Å². The third-order valence-electron chi connectivity index (χ3n) is 2.32. The van der Waals surface area contributed by atoms with Crippen molar-refractivity contribution in [2.45, 2.75) is 52.2 Å². The second kappa shape index (κ2) is 9.22. The third kappa shape index (κ3) is 7.10. The number of hydrogen-bond acceptors (Lipinski definition) is 2. The zero-order chi connectivity index (χ0) is 10.8. The summed E-state index contributed by atoms with van der Waals surface area (Å²) in [6.45, 7) is 11.4. The standard InChI is InChI=1S/C12H24O2/c1-5-9-14-12(7-3)8-10-13-11(4)6-2/h5,11-12H,1,6-10H2,2-4H3. The van der Waals surface area contributed by atoms with E-state index in [4.69, 9.17) is 9.47 Å². The van der Waals surface area contributed by atoms with Crippen LogP contribution in [-0.2, 0) is 9.47 Å². The van der Waals surface area contributed by atoms with E-state index < -0.39 is 0 Å². The fourth-order valence-electron chi connectivity index (χ4n) is 1.13. The van der Waals surface area contributed by atoms with Crippen molar-refractivity contribution in [1.29, 1.82) is 0 Å². The summed E-state index contributed by atoms with van der Waals surface area (Å²) < 4.78 is 11.2. The van der Waals surface area contributed by atoms with Crippen molar-refractivity contribution in [3.63, 3.8) is 0 Å². The quantitative estimate of drug-likeness (QED) is 0.532. The average molecular weight is 200 g/mol. The molecule has 0 amide bonds. The lowest BCUT2D eigenvalue weighted by Gasteiger charge is -2.16. The zero-order valence-electron chi connectivity index (χ0n) is 9.79. The van der Waals surface area contributed by atoms with Gasteiger partial charge in [-0.1, -0.05) is 19.9 Å². The van der Waals surface area contributed by atoms with Crippen LogP contribution in [-0.4, -0.2) is 25.4 Å². The van der Waals surface area contributed by atoms with Crippen LogP contribution in [0, 0.1) is 0 Å². The Morgan fingerprint density at radius 1 is 1.21 bits per heavy atom. The lowest BCUT2D eigenvalue weighted by Crippen LogP contribution is -2.17. The van der Waals surface area contributed by atoms with E-state index in [0.717, 1.165) is 25.9 Å². The molecule has 84 valence electrons. The van der Waals surface area contributed by atoms with Crippen LogP contribution >= 0.6 is 0 Å². The van der Waals surface area contributed by atoms with Gasteiger partial charge in [0.05, 0.1) is 18.8 Å². The topological polar surface area (TPSA) is 18.5 Å². The lowest BCUT2D eigenvalue weighted by atomic mass is 10.2. The van der Waals surface area contributed by atoms with Crippen LogP contribution in [0.4, 0.5) is 0 Å². The zero-order valence-corrected chi connectivity index (χ0v) is 9.79. The maximum atomic E-state index is 5.60. The normalized spacial score (nSPS) is 15.1. The first-order valence-corrected chi connectivity index (χ1v) is 5.58. The van der Waals surface area contributed by atoms with E-state index in [1.807, 2.05) is 0 Å². The number of rotatable bonds is 9. The summed E-state index contributed by atoms with van der Waals surface area (Å²) in [5.74, 6) is 0. The average Bonchev–Trinajstić information content (AvgIpc) is 2.22. The molecule has 0 radical (unpaired) electrons. The van der Waals surface area contributed by atoms with E-state index in [0.29, 0.717) is 18.8 Å². The molecule has 0 aliphatic rings. The maximum Gasteiger partial charge on any atom is 0.0648 e. The predicted octanol–water partition coefficient (Wildman–Crippen LogP) is 3.17. The molecule has 0 fully saturated rings. The SMILES string of the molecule is C=CCOC(CC)CCOC(C)CC. The highest BCUT2D eigenvalue weighted by Gasteiger charge is 2.06. The summed E-state index contributed by atoms with van der Waals surface area (Å²) in [4.78, 5) is 0. The van der Waals surface area contributed by atoms with Crippen LogP contribution in [0.15, 0.2) is 12.7 Å². The Bertz CT molecular complexity index is 134. The molecule has 2 atom stereocenters. The van der Waals surface area contributed by atoms with Crippen molar-refractivity contribution < 1.29 is 9.47 Å². The van der Waals surface area contributed by atoms with Crippen molar-refractivity contribution in [1.82, 2.24) is 0 Å². The molecule has 0 spiro atoms. The van der Waals surface area contributed by atoms with E-state index in [9.17, 15) is 0 Å². The van der Waals surface area contributed by atoms with Gasteiger partial charge >= 0.3 is 0 Å². The molecule has 0 aromatic rings. The van der Waals surface area contributed by atoms with Crippen molar-refractivity contribution in [2.75, 3.05) is 13.2 Å². The Morgan fingerprint density at radius 3 is 2.43 bits per heavy atom. The largest absolute Gasteiger partial charge is 0.378 e. The van der Waals surface area contributed by atoms with E-state index in [1.165, 1.54) is 0 Å². The van der Waals surface area contributed by atoms with Gasteiger partial charge in [-0.2, -0.15) is 0 Å². The summed E-state index contributed by atoms with van der Waals surface area (Å²) in [5, 5.41) is 0. The molecule has 2 unspecified atom stereocenters. The molecule has 0 saturated heterocycles. The maximum absolute atomic E-state index is 5.60. The minimum absolute atomic E-state index is 0.317. The van der Waals surface area contributed by atoms with E-state index in [2.05, 4.69) is 27.4 Å². The second-order valence-electron chi connectivity index (χ2n) is 3.53. The molecular formula is C12H24O2. The number of ether oxygens (including phenoxy) is 2. The molecule has 0 saturated carbocycles. The highest BCUT2D eigenvalue weighted by atomic mass is 16.5. The molecule has 0 aromatic heterocycles. The third-order valence-corrected chi connectivity index (χ3v) is 2.32. The van der Waals surface area contributed by atoms with Gasteiger partial charge in [0.25, 0.3) is 0 Å². The second-order valence-corrected chi connectivity index (χ2v) is 3.53. The smallest absolute Gasteiger partial charge is 0.0648 e. The van der Waals surface area contributed by atoms with Crippen LogP contribution in [0.1, 0.15) is 40.0 Å². The minimum Gasteiger partial charge on any atom is -0.378 e. The van der Waals surface area contributed by atoms with Gasteiger partial charge < -0.3 is 9.47 Å². The molecule has 0 aliphatic heterocycles. The summed E-state index contributed by atoms with van der Waals surface area (Å²) in [7, 11) is 0. The van der Waals surface area contributed by atoms with Crippen LogP contribution in [0.2, 0.25) is 0 Å². The van der Waals surface area contributed by atoms with E-state index in [1.54, 1.807) is 6.08 Å². The summed E-state index contributed by atoms with van der Waals surface area (Å²) in [5.41, 5.74) is 0. The molecule has 0 aliphatic carbocycles. The van der Waals surface area contributed by atoms with E-state index in [-0.39, 0.29) is 0 Å². The van der Waals surface area contributed by atoms with Crippen molar-refractivity contribution in [3.8, 4) is 0 Å². The first-order valence-electron chi connectivity index (χ1n) is 5.58. The minimum atomic E-state index is 0.317. The summed E-state index contributed by atoms with van der Waals surface area (Å²) >= 11 is 0. The summed E-state index contributed by atoms with van der Waals surface area (Å²) in [6, 6.07) is 0. The highest BCUT2D eigenvalue weighted by Crippen LogP contribution is 2.05. The Kier molecular flexibility index (Phi) is 9.00. The summed E-state index contributed by atoms with van der Waals surface area (Å²) in [6.07, 6.45) is 5.57. The van der Waals surface area contributed by atoms with Gasteiger partial charge in [-0.15, -0.1) is 6.58 Å². The van der Waals surface area contributed by atoms with Crippen LogP contribution in [0.3, 0.4) is 0 Å². The van der Waals surface area contributed by atoms with Gasteiger partial charge in [0.1, 0.15) is 0 Å². The molecule has 0 aromatic carbocycles. The fraction of sp³-hybridized carbons (Fsp3) is 0.833. The molecule has 0 heterocycles. The van der Waals surface area contributed by atoms with E-state index >= 15 is 0 Å². The van der Waals surface area contributed by atoms with Gasteiger partial charge in [0.2, 0.25) is 0 Å². The van der Waals surface area contributed by atoms with Gasteiger partial charge in [-0.05, 0) is 26.2 Å². The Balaban J connectivity index is 3.46. The van der Waals surface area contributed by atoms with Gasteiger partial charge in [-0.3, -0.25) is 0 Å². The van der Waals surface area contributed by atoms with Crippen LogP contribution < -0.4 is 0 Å². The van der Waals surface area contributed by atoms with Gasteiger partial charge in [-0.25, -0.2) is 0 Å². The van der Waals surface area contributed by atoms with Crippen molar-refractivity contribution in [2.24, 2.45) is 0 Å². The highest BCUT2D eigenvalue weighted by molar-refractivity contribution is 4.66. The first kappa shape index (κ1) is 13.7. The first-order chi connectivity index (χ1) is 6.74. The Hall–Kier alpha value is -0.340.